The minimum Gasteiger partial charge on any atom is -0.228 e. The standard InChI is InChI=1S/C16H10Cl2N2/c17-13-8-4-7-12(9-13)14-10-15(18)20-16(19-14)11-5-2-1-3-6-11/h1-10H. The molecule has 98 valence electrons. The van der Waals surface area contributed by atoms with Gasteiger partial charge in [-0.15, -0.1) is 0 Å². The van der Waals surface area contributed by atoms with Crippen LogP contribution in [0, 0.1) is 0 Å². The van der Waals surface area contributed by atoms with E-state index in [0.29, 0.717) is 16.0 Å². The smallest absolute Gasteiger partial charge is 0.161 e. The Kier molecular flexibility index (Phi) is 3.68. The van der Waals surface area contributed by atoms with Crippen molar-refractivity contribution < 1.29 is 0 Å². The molecule has 0 unspecified atom stereocenters. The van der Waals surface area contributed by atoms with E-state index in [1.165, 1.54) is 0 Å². The average molecular weight is 301 g/mol. The summed E-state index contributed by atoms with van der Waals surface area (Å²) in [6, 6.07) is 19.0. The Morgan fingerprint density at radius 2 is 1.45 bits per heavy atom. The van der Waals surface area contributed by atoms with Gasteiger partial charge in [-0.2, -0.15) is 0 Å². The summed E-state index contributed by atoms with van der Waals surface area (Å²) in [5, 5.41) is 1.08. The normalized spacial score (nSPS) is 10.5. The maximum atomic E-state index is 6.11. The van der Waals surface area contributed by atoms with Crippen LogP contribution in [0.1, 0.15) is 0 Å². The topological polar surface area (TPSA) is 25.8 Å². The quantitative estimate of drug-likeness (QED) is 0.614. The first-order valence-corrected chi connectivity index (χ1v) is 6.84. The Morgan fingerprint density at radius 1 is 0.700 bits per heavy atom. The number of benzene rings is 2. The highest BCUT2D eigenvalue weighted by molar-refractivity contribution is 6.31. The fourth-order valence-electron chi connectivity index (χ4n) is 1.93. The maximum absolute atomic E-state index is 6.11. The molecule has 0 aliphatic carbocycles. The molecule has 0 saturated carbocycles. The van der Waals surface area contributed by atoms with Crippen molar-refractivity contribution in [2.24, 2.45) is 0 Å². The molecule has 0 amide bonds. The highest BCUT2D eigenvalue weighted by Crippen LogP contribution is 2.25. The van der Waals surface area contributed by atoms with E-state index in [4.69, 9.17) is 23.2 Å². The molecule has 0 atom stereocenters. The summed E-state index contributed by atoms with van der Waals surface area (Å²) < 4.78 is 0. The maximum Gasteiger partial charge on any atom is 0.161 e. The van der Waals surface area contributed by atoms with Crippen LogP contribution in [0.3, 0.4) is 0 Å². The second-order valence-corrected chi connectivity index (χ2v) is 5.10. The lowest BCUT2D eigenvalue weighted by Crippen LogP contribution is -1.92. The van der Waals surface area contributed by atoms with Gasteiger partial charge in [0.05, 0.1) is 5.69 Å². The van der Waals surface area contributed by atoms with Gasteiger partial charge < -0.3 is 0 Å². The van der Waals surface area contributed by atoms with Crippen LogP contribution in [0.4, 0.5) is 0 Å². The lowest BCUT2D eigenvalue weighted by Gasteiger charge is -2.06. The number of nitrogens with zero attached hydrogens (tertiary/aromatic N) is 2. The molecular formula is C16H10Cl2N2. The second kappa shape index (κ2) is 5.61. The van der Waals surface area contributed by atoms with Gasteiger partial charge in [0.1, 0.15) is 5.15 Å². The summed E-state index contributed by atoms with van der Waals surface area (Å²) in [6.45, 7) is 0. The fourth-order valence-corrected chi connectivity index (χ4v) is 2.30. The molecule has 1 aromatic heterocycles. The lowest BCUT2D eigenvalue weighted by molar-refractivity contribution is 1.18. The highest BCUT2D eigenvalue weighted by atomic mass is 35.5. The highest BCUT2D eigenvalue weighted by Gasteiger charge is 2.07. The van der Waals surface area contributed by atoms with E-state index in [1.807, 2.05) is 54.6 Å². The molecular weight excluding hydrogens is 291 g/mol. The van der Waals surface area contributed by atoms with Crippen molar-refractivity contribution in [3.63, 3.8) is 0 Å². The predicted octanol–water partition coefficient (Wildman–Crippen LogP) is 5.12. The first kappa shape index (κ1) is 13.1. The molecule has 0 saturated heterocycles. The first-order chi connectivity index (χ1) is 9.72. The van der Waals surface area contributed by atoms with Crippen molar-refractivity contribution in [1.82, 2.24) is 9.97 Å². The number of rotatable bonds is 2. The lowest BCUT2D eigenvalue weighted by atomic mass is 10.1. The monoisotopic (exact) mass is 300 g/mol. The van der Waals surface area contributed by atoms with Gasteiger partial charge in [0, 0.05) is 22.2 Å². The third-order valence-corrected chi connectivity index (χ3v) is 3.28. The van der Waals surface area contributed by atoms with Crippen LogP contribution in [-0.2, 0) is 0 Å². The van der Waals surface area contributed by atoms with E-state index < -0.39 is 0 Å². The van der Waals surface area contributed by atoms with Gasteiger partial charge in [0.25, 0.3) is 0 Å². The zero-order chi connectivity index (χ0) is 13.9. The summed E-state index contributed by atoms with van der Waals surface area (Å²) in [4.78, 5) is 8.83. The number of halogens is 2. The Labute approximate surface area is 127 Å². The van der Waals surface area contributed by atoms with Gasteiger partial charge in [0.2, 0.25) is 0 Å². The van der Waals surface area contributed by atoms with Crippen LogP contribution in [-0.4, -0.2) is 9.97 Å². The average Bonchev–Trinajstić information content (AvgIpc) is 2.47. The molecule has 0 radical (unpaired) electrons. The van der Waals surface area contributed by atoms with E-state index in [2.05, 4.69) is 9.97 Å². The SMILES string of the molecule is Clc1cccc(-c2cc(Cl)nc(-c3ccccc3)n2)c1. The van der Waals surface area contributed by atoms with E-state index in [1.54, 1.807) is 6.07 Å². The van der Waals surface area contributed by atoms with Gasteiger partial charge in [-0.1, -0.05) is 65.7 Å². The first-order valence-electron chi connectivity index (χ1n) is 6.08. The van der Waals surface area contributed by atoms with E-state index >= 15 is 0 Å². The minimum absolute atomic E-state index is 0.411. The third-order valence-electron chi connectivity index (χ3n) is 2.85. The molecule has 3 rings (SSSR count). The summed E-state index contributed by atoms with van der Waals surface area (Å²) >= 11 is 12.1. The van der Waals surface area contributed by atoms with E-state index in [-0.39, 0.29) is 0 Å². The molecule has 1 heterocycles. The fraction of sp³-hybridized carbons (Fsp3) is 0. The molecule has 0 N–H and O–H groups in total. The van der Waals surface area contributed by atoms with Crippen molar-refractivity contribution >= 4 is 23.2 Å². The van der Waals surface area contributed by atoms with Gasteiger partial charge in [0.15, 0.2) is 5.82 Å². The van der Waals surface area contributed by atoms with Crippen LogP contribution >= 0.6 is 23.2 Å². The van der Waals surface area contributed by atoms with E-state index in [0.717, 1.165) is 16.8 Å². The number of aromatic nitrogens is 2. The van der Waals surface area contributed by atoms with Crippen LogP contribution in [0.25, 0.3) is 22.6 Å². The molecule has 0 bridgehead atoms. The summed E-state index contributed by atoms with van der Waals surface area (Å²) in [5.41, 5.74) is 2.60. The molecule has 2 nitrogen and oxygen atoms in total. The Hall–Kier alpha value is -1.90. The Morgan fingerprint density at radius 3 is 2.20 bits per heavy atom. The Balaban J connectivity index is 2.12. The van der Waals surface area contributed by atoms with Crippen molar-refractivity contribution in [3.8, 4) is 22.6 Å². The van der Waals surface area contributed by atoms with Crippen LogP contribution in [0.2, 0.25) is 10.2 Å². The number of hydrogen-bond acceptors (Lipinski definition) is 2. The molecule has 0 spiro atoms. The largest absolute Gasteiger partial charge is 0.228 e. The molecule has 4 heteroatoms. The molecule has 2 aromatic carbocycles. The second-order valence-electron chi connectivity index (χ2n) is 4.28. The van der Waals surface area contributed by atoms with Crippen molar-refractivity contribution in [2.75, 3.05) is 0 Å². The summed E-state index contributed by atoms with van der Waals surface area (Å²) in [6.07, 6.45) is 0. The van der Waals surface area contributed by atoms with Crippen molar-refractivity contribution in [3.05, 3.63) is 70.8 Å². The Bertz CT molecular complexity index is 742. The molecule has 3 aromatic rings. The van der Waals surface area contributed by atoms with Crippen LogP contribution < -0.4 is 0 Å². The molecule has 0 aliphatic rings. The van der Waals surface area contributed by atoms with Crippen molar-refractivity contribution in [2.45, 2.75) is 0 Å². The van der Waals surface area contributed by atoms with Crippen LogP contribution in [0.15, 0.2) is 60.7 Å². The molecule has 0 aliphatic heterocycles. The molecule has 0 fully saturated rings. The van der Waals surface area contributed by atoms with Gasteiger partial charge >= 0.3 is 0 Å². The minimum atomic E-state index is 0.411. The van der Waals surface area contributed by atoms with Gasteiger partial charge in [-0.25, -0.2) is 9.97 Å². The molecule has 20 heavy (non-hydrogen) atoms. The van der Waals surface area contributed by atoms with Gasteiger partial charge in [-0.05, 0) is 12.1 Å². The van der Waals surface area contributed by atoms with Crippen molar-refractivity contribution in [1.29, 1.82) is 0 Å². The van der Waals surface area contributed by atoms with E-state index in [9.17, 15) is 0 Å². The summed E-state index contributed by atoms with van der Waals surface area (Å²) in [7, 11) is 0. The van der Waals surface area contributed by atoms with Crippen LogP contribution in [0.5, 0.6) is 0 Å². The zero-order valence-electron chi connectivity index (χ0n) is 10.4. The number of hydrogen-bond donors (Lipinski definition) is 0. The third kappa shape index (κ3) is 2.82. The predicted molar refractivity (Wildman–Crippen MR) is 82.9 cm³/mol. The summed E-state index contributed by atoms with van der Waals surface area (Å²) in [5.74, 6) is 0.605. The zero-order valence-corrected chi connectivity index (χ0v) is 11.9. The van der Waals surface area contributed by atoms with Gasteiger partial charge in [-0.3, -0.25) is 0 Å².